The number of nitrogens with zero attached hydrogens (tertiary/aromatic N) is 2. The zero-order valence-corrected chi connectivity index (χ0v) is 16.5. The highest BCUT2D eigenvalue weighted by molar-refractivity contribution is 5.63. The number of benzene rings is 1. The summed E-state index contributed by atoms with van der Waals surface area (Å²) >= 11 is 0. The highest BCUT2D eigenvalue weighted by Gasteiger charge is 2.27. The second kappa shape index (κ2) is 7.89. The zero-order valence-electron chi connectivity index (χ0n) is 16.5. The van der Waals surface area contributed by atoms with Gasteiger partial charge in [0.15, 0.2) is 0 Å². The van der Waals surface area contributed by atoms with E-state index in [0.29, 0.717) is 6.10 Å². The minimum atomic E-state index is 0.0444. The molecule has 144 valence electrons. The van der Waals surface area contributed by atoms with Gasteiger partial charge in [0, 0.05) is 37.4 Å². The molecule has 1 saturated heterocycles. The van der Waals surface area contributed by atoms with Crippen LogP contribution < -0.4 is 10.3 Å². The van der Waals surface area contributed by atoms with Crippen LogP contribution in [0.25, 0.3) is 11.1 Å². The van der Waals surface area contributed by atoms with Crippen LogP contribution in [-0.4, -0.2) is 34.7 Å². The lowest BCUT2D eigenvalue weighted by Crippen LogP contribution is -2.43. The average Bonchev–Trinajstić information content (AvgIpc) is 3.23. The molecule has 0 spiro atoms. The lowest BCUT2D eigenvalue weighted by Gasteiger charge is -2.36. The first-order valence-corrected chi connectivity index (χ1v) is 10.3. The molecule has 0 radical (unpaired) electrons. The van der Waals surface area contributed by atoms with E-state index in [4.69, 9.17) is 4.74 Å². The number of likely N-dealkylation sites (tertiary alicyclic amines) is 1. The number of pyridine rings is 1. The standard InChI is InChI=1S/C23H30N2O2/c1-17-7-12-22(23(26)24(17)2)18-8-10-20(11-9-18)27-21-13-15-25(16-14-21)19-5-3-4-6-19/h7-12,19,21H,3-6,13-16H2,1-2H3. The number of aryl methyl sites for hydroxylation is 1. The third kappa shape index (κ3) is 3.96. The molecular weight excluding hydrogens is 336 g/mol. The van der Waals surface area contributed by atoms with E-state index in [2.05, 4.69) is 4.90 Å². The Hall–Kier alpha value is -2.07. The SMILES string of the molecule is Cc1ccc(-c2ccc(OC3CCN(C4CCCC4)CC3)cc2)c(=O)n1C. The van der Waals surface area contributed by atoms with Gasteiger partial charge in [-0.3, -0.25) is 4.79 Å². The fourth-order valence-electron chi connectivity index (χ4n) is 4.48. The molecule has 0 amide bonds. The molecule has 0 atom stereocenters. The summed E-state index contributed by atoms with van der Waals surface area (Å²) in [5, 5.41) is 0. The van der Waals surface area contributed by atoms with Crippen LogP contribution in [-0.2, 0) is 7.05 Å². The third-order valence-electron chi connectivity index (χ3n) is 6.34. The fraction of sp³-hybridized carbons (Fsp3) is 0.522. The van der Waals surface area contributed by atoms with E-state index in [1.807, 2.05) is 50.4 Å². The number of ether oxygens (including phenoxy) is 1. The molecule has 4 nitrogen and oxygen atoms in total. The number of piperidine rings is 1. The molecule has 1 aromatic carbocycles. The Balaban J connectivity index is 1.37. The van der Waals surface area contributed by atoms with Crippen LogP contribution in [0.3, 0.4) is 0 Å². The van der Waals surface area contributed by atoms with E-state index >= 15 is 0 Å². The van der Waals surface area contributed by atoms with Gasteiger partial charge in [-0.2, -0.15) is 0 Å². The summed E-state index contributed by atoms with van der Waals surface area (Å²) in [6.45, 7) is 4.26. The van der Waals surface area contributed by atoms with E-state index in [1.54, 1.807) is 4.57 Å². The first-order chi connectivity index (χ1) is 13.1. The van der Waals surface area contributed by atoms with E-state index in [1.165, 1.54) is 25.7 Å². The van der Waals surface area contributed by atoms with Crippen molar-refractivity contribution in [3.05, 3.63) is 52.4 Å². The van der Waals surface area contributed by atoms with Crippen molar-refractivity contribution in [1.29, 1.82) is 0 Å². The molecule has 0 unspecified atom stereocenters. The van der Waals surface area contributed by atoms with E-state index < -0.39 is 0 Å². The molecule has 4 heteroatoms. The number of hydrogen-bond acceptors (Lipinski definition) is 3. The van der Waals surface area contributed by atoms with Gasteiger partial charge >= 0.3 is 0 Å². The summed E-state index contributed by atoms with van der Waals surface area (Å²) in [6, 6.07) is 12.7. The molecule has 4 rings (SSSR count). The Morgan fingerprint density at radius 1 is 0.926 bits per heavy atom. The highest BCUT2D eigenvalue weighted by Crippen LogP contribution is 2.28. The summed E-state index contributed by atoms with van der Waals surface area (Å²) in [5.41, 5.74) is 2.69. The maximum Gasteiger partial charge on any atom is 0.258 e. The first-order valence-electron chi connectivity index (χ1n) is 10.3. The molecule has 1 aliphatic heterocycles. The average molecular weight is 367 g/mol. The first kappa shape index (κ1) is 18.3. The van der Waals surface area contributed by atoms with Crippen LogP contribution in [0, 0.1) is 6.92 Å². The molecule has 27 heavy (non-hydrogen) atoms. The van der Waals surface area contributed by atoms with Gasteiger partial charge in [0.1, 0.15) is 11.9 Å². The van der Waals surface area contributed by atoms with Crippen molar-refractivity contribution in [3.8, 4) is 16.9 Å². The Kier molecular flexibility index (Phi) is 5.35. The van der Waals surface area contributed by atoms with Gasteiger partial charge in [-0.1, -0.05) is 25.0 Å². The van der Waals surface area contributed by atoms with Gasteiger partial charge in [0.05, 0.1) is 0 Å². The monoisotopic (exact) mass is 366 g/mol. The van der Waals surface area contributed by atoms with Crippen molar-refractivity contribution in [1.82, 2.24) is 9.47 Å². The molecule has 0 bridgehead atoms. The largest absolute Gasteiger partial charge is 0.490 e. The molecule has 2 aliphatic rings. The number of hydrogen-bond donors (Lipinski definition) is 0. The van der Waals surface area contributed by atoms with Gasteiger partial charge < -0.3 is 14.2 Å². The molecule has 1 saturated carbocycles. The summed E-state index contributed by atoms with van der Waals surface area (Å²) < 4.78 is 7.91. The summed E-state index contributed by atoms with van der Waals surface area (Å²) in [5.74, 6) is 0.905. The minimum Gasteiger partial charge on any atom is -0.490 e. The molecule has 2 fully saturated rings. The molecule has 2 heterocycles. The van der Waals surface area contributed by atoms with Crippen LogP contribution in [0.5, 0.6) is 5.75 Å². The lowest BCUT2D eigenvalue weighted by atomic mass is 10.0. The van der Waals surface area contributed by atoms with Crippen LogP contribution >= 0.6 is 0 Å². The van der Waals surface area contributed by atoms with Crippen LogP contribution in [0.2, 0.25) is 0 Å². The van der Waals surface area contributed by atoms with Crippen molar-refractivity contribution >= 4 is 0 Å². The van der Waals surface area contributed by atoms with E-state index in [-0.39, 0.29) is 5.56 Å². The van der Waals surface area contributed by atoms with Crippen molar-refractivity contribution < 1.29 is 4.74 Å². The van der Waals surface area contributed by atoms with Crippen LogP contribution in [0.15, 0.2) is 41.2 Å². The summed E-state index contributed by atoms with van der Waals surface area (Å²) in [6.07, 6.45) is 8.08. The minimum absolute atomic E-state index is 0.0444. The van der Waals surface area contributed by atoms with Crippen molar-refractivity contribution in [3.63, 3.8) is 0 Å². The normalized spacial score (nSPS) is 19.5. The maximum atomic E-state index is 12.5. The van der Waals surface area contributed by atoms with Crippen LogP contribution in [0.1, 0.15) is 44.2 Å². The zero-order chi connectivity index (χ0) is 18.8. The quantitative estimate of drug-likeness (QED) is 0.815. The van der Waals surface area contributed by atoms with E-state index in [9.17, 15) is 4.79 Å². The van der Waals surface area contributed by atoms with Crippen molar-refractivity contribution in [2.45, 2.75) is 57.6 Å². The lowest BCUT2D eigenvalue weighted by molar-refractivity contribution is 0.0768. The third-order valence-corrected chi connectivity index (χ3v) is 6.34. The maximum absolute atomic E-state index is 12.5. The molecular formula is C23H30N2O2. The Morgan fingerprint density at radius 3 is 2.26 bits per heavy atom. The second-order valence-corrected chi connectivity index (χ2v) is 8.07. The van der Waals surface area contributed by atoms with E-state index in [0.717, 1.165) is 54.5 Å². The second-order valence-electron chi connectivity index (χ2n) is 8.07. The summed E-state index contributed by atoms with van der Waals surface area (Å²) in [7, 11) is 1.82. The Labute approximate surface area is 161 Å². The number of rotatable bonds is 4. The predicted octanol–water partition coefficient (Wildman–Crippen LogP) is 4.15. The van der Waals surface area contributed by atoms with Gasteiger partial charge in [-0.25, -0.2) is 0 Å². The molecule has 2 aromatic rings. The topological polar surface area (TPSA) is 34.5 Å². The highest BCUT2D eigenvalue weighted by atomic mass is 16.5. The predicted molar refractivity (Wildman–Crippen MR) is 109 cm³/mol. The van der Waals surface area contributed by atoms with Gasteiger partial charge in [-0.15, -0.1) is 0 Å². The number of aromatic nitrogens is 1. The molecule has 1 aliphatic carbocycles. The fourth-order valence-corrected chi connectivity index (χ4v) is 4.48. The Bertz CT molecular complexity index is 826. The Morgan fingerprint density at radius 2 is 1.59 bits per heavy atom. The van der Waals surface area contributed by atoms with Gasteiger partial charge in [0.25, 0.3) is 5.56 Å². The smallest absolute Gasteiger partial charge is 0.258 e. The van der Waals surface area contributed by atoms with Crippen molar-refractivity contribution in [2.24, 2.45) is 7.05 Å². The van der Waals surface area contributed by atoms with Crippen molar-refractivity contribution in [2.75, 3.05) is 13.1 Å². The molecule has 1 aromatic heterocycles. The van der Waals surface area contributed by atoms with Crippen LogP contribution in [0.4, 0.5) is 0 Å². The summed E-state index contributed by atoms with van der Waals surface area (Å²) in [4.78, 5) is 15.1. The molecule has 0 N–H and O–H groups in total. The van der Waals surface area contributed by atoms with Gasteiger partial charge in [-0.05, 0) is 62.4 Å². The van der Waals surface area contributed by atoms with Gasteiger partial charge in [0.2, 0.25) is 0 Å².